The fourth-order valence-corrected chi connectivity index (χ4v) is 2.79. The zero-order valence-electron chi connectivity index (χ0n) is 13.2. The monoisotopic (exact) mass is 304 g/mol. The molecule has 0 aliphatic carbocycles. The van der Waals surface area contributed by atoms with Gasteiger partial charge in [0, 0.05) is 5.39 Å². The normalized spacial score (nSPS) is 12.0. The van der Waals surface area contributed by atoms with E-state index in [0.717, 1.165) is 35.0 Å². The molecule has 1 amide bonds. The minimum Gasteiger partial charge on any atom is -0.324 e. The van der Waals surface area contributed by atoms with Crippen LogP contribution in [0.4, 0.5) is 5.69 Å². The highest BCUT2D eigenvalue weighted by Gasteiger charge is 2.19. The van der Waals surface area contributed by atoms with Crippen LogP contribution in [0.5, 0.6) is 0 Å². The average molecular weight is 304 g/mol. The van der Waals surface area contributed by atoms with Gasteiger partial charge in [0.15, 0.2) is 0 Å². The van der Waals surface area contributed by atoms with Gasteiger partial charge in [0.05, 0.1) is 23.3 Å². The molecule has 0 bridgehead atoms. The Morgan fingerprint density at radius 2 is 1.83 bits per heavy atom. The summed E-state index contributed by atoms with van der Waals surface area (Å²) >= 11 is 0. The largest absolute Gasteiger partial charge is 0.324 e. The molecule has 3 aromatic rings. The molecular formula is C20H20N2O. The van der Waals surface area contributed by atoms with Gasteiger partial charge in [-0.15, -0.1) is 0 Å². The van der Waals surface area contributed by atoms with Crippen LogP contribution in [-0.2, 0) is 4.79 Å². The van der Waals surface area contributed by atoms with Crippen LogP contribution in [0.15, 0.2) is 66.9 Å². The van der Waals surface area contributed by atoms with E-state index < -0.39 is 0 Å². The van der Waals surface area contributed by atoms with E-state index in [1.165, 1.54) is 0 Å². The van der Waals surface area contributed by atoms with Crippen LogP contribution in [0, 0.1) is 0 Å². The zero-order valence-corrected chi connectivity index (χ0v) is 13.2. The summed E-state index contributed by atoms with van der Waals surface area (Å²) in [5.74, 6) is -0.109. The quantitative estimate of drug-likeness (QED) is 0.738. The summed E-state index contributed by atoms with van der Waals surface area (Å²) in [6.07, 6.45) is 3.51. The molecule has 0 saturated heterocycles. The average Bonchev–Trinajstić information content (AvgIpc) is 2.60. The molecule has 3 heteroatoms. The third-order valence-electron chi connectivity index (χ3n) is 3.95. The second-order valence-corrected chi connectivity index (χ2v) is 5.66. The molecule has 116 valence electrons. The second-order valence-electron chi connectivity index (χ2n) is 5.66. The number of para-hydroxylation sites is 1. The van der Waals surface area contributed by atoms with Crippen LogP contribution in [0.25, 0.3) is 10.9 Å². The molecule has 3 rings (SSSR count). The van der Waals surface area contributed by atoms with Crippen molar-refractivity contribution in [3.8, 4) is 0 Å². The molecule has 3 nitrogen and oxygen atoms in total. The summed E-state index contributed by atoms with van der Waals surface area (Å²) < 4.78 is 0. The molecule has 0 aliphatic heterocycles. The summed E-state index contributed by atoms with van der Waals surface area (Å²) in [6.45, 7) is 2.10. The van der Waals surface area contributed by atoms with Crippen LogP contribution in [-0.4, -0.2) is 10.9 Å². The molecule has 1 heterocycles. The standard InChI is InChI=1S/C20H20N2O/c1-2-8-18(15-9-4-3-5-10-15)20(23)22-17-13-16-11-6-7-12-19(16)21-14-17/h3-7,9-14,18H,2,8H2,1H3,(H,22,23). The zero-order chi connectivity index (χ0) is 16.1. The van der Waals surface area contributed by atoms with E-state index in [1.807, 2.05) is 60.7 Å². The number of amides is 1. The molecule has 1 unspecified atom stereocenters. The minimum absolute atomic E-state index is 0.0233. The Balaban J connectivity index is 1.82. The van der Waals surface area contributed by atoms with Crippen molar-refractivity contribution in [1.29, 1.82) is 0 Å². The van der Waals surface area contributed by atoms with Gasteiger partial charge in [-0.1, -0.05) is 61.9 Å². The van der Waals surface area contributed by atoms with Gasteiger partial charge >= 0.3 is 0 Å². The second kappa shape index (κ2) is 7.05. The summed E-state index contributed by atoms with van der Waals surface area (Å²) in [5, 5.41) is 4.04. The number of hydrogen-bond acceptors (Lipinski definition) is 2. The maximum atomic E-state index is 12.7. The molecule has 0 spiro atoms. The van der Waals surface area contributed by atoms with E-state index in [0.29, 0.717) is 0 Å². The van der Waals surface area contributed by atoms with E-state index in [-0.39, 0.29) is 11.8 Å². The predicted molar refractivity (Wildman–Crippen MR) is 94.5 cm³/mol. The van der Waals surface area contributed by atoms with E-state index in [1.54, 1.807) is 6.20 Å². The number of carbonyl (C=O) groups excluding carboxylic acids is 1. The lowest BCUT2D eigenvalue weighted by molar-refractivity contribution is -0.117. The highest BCUT2D eigenvalue weighted by molar-refractivity contribution is 5.97. The number of carbonyl (C=O) groups is 1. The third kappa shape index (κ3) is 3.57. The number of nitrogens with one attached hydrogen (secondary N) is 1. The van der Waals surface area contributed by atoms with Crippen molar-refractivity contribution in [1.82, 2.24) is 4.98 Å². The number of anilines is 1. The Kier molecular flexibility index (Phi) is 4.67. The number of aromatic nitrogens is 1. The predicted octanol–water partition coefficient (Wildman–Crippen LogP) is 4.76. The van der Waals surface area contributed by atoms with Gasteiger partial charge in [0.2, 0.25) is 5.91 Å². The topological polar surface area (TPSA) is 42.0 Å². The Labute approximate surface area is 136 Å². The summed E-state index contributed by atoms with van der Waals surface area (Å²) in [4.78, 5) is 17.1. The van der Waals surface area contributed by atoms with Gasteiger partial charge in [0.25, 0.3) is 0 Å². The number of pyridine rings is 1. The molecule has 23 heavy (non-hydrogen) atoms. The van der Waals surface area contributed by atoms with Crippen molar-refractivity contribution in [3.05, 3.63) is 72.4 Å². The van der Waals surface area contributed by atoms with Gasteiger partial charge in [-0.2, -0.15) is 0 Å². The molecule has 2 aromatic carbocycles. The van der Waals surface area contributed by atoms with Crippen LogP contribution < -0.4 is 5.32 Å². The van der Waals surface area contributed by atoms with Gasteiger partial charge in [-0.3, -0.25) is 9.78 Å². The number of nitrogens with zero attached hydrogens (tertiary/aromatic N) is 1. The summed E-state index contributed by atoms with van der Waals surface area (Å²) in [5.41, 5.74) is 2.73. The third-order valence-corrected chi connectivity index (χ3v) is 3.95. The van der Waals surface area contributed by atoms with Crippen LogP contribution in [0.1, 0.15) is 31.2 Å². The van der Waals surface area contributed by atoms with Gasteiger partial charge in [0.1, 0.15) is 0 Å². The van der Waals surface area contributed by atoms with Crippen molar-refractivity contribution in [2.75, 3.05) is 5.32 Å². The van der Waals surface area contributed by atoms with Gasteiger partial charge in [-0.25, -0.2) is 0 Å². The minimum atomic E-state index is -0.132. The molecule has 1 N–H and O–H groups in total. The molecule has 1 aromatic heterocycles. The van der Waals surface area contributed by atoms with E-state index in [4.69, 9.17) is 0 Å². The smallest absolute Gasteiger partial charge is 0.231 e. The fourth-order valence-electron chi connectivity index (χ4n) is 2.79. The Morgan fingerprint density at radius 3 is 2.61 bits per heavy atom. The Hall–Kier alpha value is -2.68. The summed E-state index contributed by atoms with van der Waals surface area (Å²) in [6, 6.07) is 19.8. The number of fused-ring (bicyclic) bond motifs is 1. The van der Waals surface area contributed by atoms with E-state index in [2.05, 4.69) is 17.2 Å². The fraction of sp³-hybridized carbons (Fsp3) is 0.200. The van der Waals surface area contributed by atoms with Crippen LogP contribution in [0.2, 0.25) is 0 Å². The highest BCUT2D eigenvalue weighted by atomic mass is 16.1. The van der Waals surface area contributed by atoms with Crippen molar-refractivity contribution in [3.63, 3.8) is 0 Å². The lowest BCUT2D eigenvalue weighted by Crippen LogP contribution is -2.21. The first-order valence-electron chi connectivity index (χ1n) is 7.98. The first kappa shape index (κ1) is 15.2. The van der Waals surface area contributed by atoms with Crippen LogP contribution in [0.3, 0.4) is 0 Å². The number of rotatable bonds is 5. The molecule has 0 fully saturated rings. The maximum Gasteiger partial charge on any atom is 0.231 e. The van der Waals surface area contributed by atoms with E-state index >= 15 is 0 Å². The lowest BCUT2D eigenvalue weighted by Gasteiger charge is -2.16. The van der Waals surface area contributed by atoms with Gasteiger partial charge < -0.3 is 5.32 Å². The number of hydrogen-bond donors (Lipinski definition) is 1. The molecule has 0 saturated carbocycles. The molecular weight excluding hydrogens is 284 g/mol. The Bertz CT molecular complexity index is 799. The van der Waals surface area contributed by atoms with Crippen molar-refractivity contribution < 1.29 is 4.79 Å². The highest BCUT2D eigenvalue weighted by Crippen LogP contribution is 2.24. The van der Waals surface area contributed by atoms with Crippen molar-refractivity contribution in [2.24, 2.45) is 0 Å². The van der Waals surface area contributed by atoms with E-state index in [9.17, 15) is 4.79 Å². The molecule has 0 radical (unpaired) electrons. The lowest BCUT2D eigenvalue weighted by atomic mass is 9.93. The SMILES string of the molecule is CCCC(C(=O)Nc1cnc2ccccc2c1)c1ccccc1. The molecule has 0 aliphatic rings. The maximum absolute atomic E-state index is 12.7. The first-order chi connectivity index (χ1) is 11.3. The summed E-state index contributed by atoms with van der Waals surface area (Å²) in [7, 11) is 0. The Morgan fingerprint density at radius 1 is 1.09 bits per heavy atom. The van der Waals surface area contributed by atoms with Crippen LogP contribution >= 0.6 is 0 Å². The van der Waals surface area contributed by atoms with Gasteiger partial charge in [-0.05, 0) is 24.1 Å². The number of benzene rings is 2. The molecule has 1 atom stereocenters. The van der Waals surface area contributed by atoms with Crippen molar-refractivity contribution >= 4 is 22.5 Å². The first-order valence-corrected chi connectivity index (χ1v) is 7.98. The van der Waals surface area contributed by atoms with Crippen molar-refractivity contribution in [2.45, 2.75) is 25.7 Å².